The van der Waals surface area contributed by atoms with Crippen LogP contribution in [0, 0.1) is 17.8 Å². The maximum atomic E-state index is 11.2. The van der Waals surface area contributed by atoms with Crippen LogP contribution in [-0.2, 0) is 16.1 Å². The van der Waals surface area contributed by atoms with E-state index in [-0.39, 0.29) is 18.4 Å². The molecule has 196 valence electrons. The summed E-state index contributed by atoms with van der Waals surface area (Å²) in [5, 5.41) is 18.6. The van der Waals surface area contributed by atoms with Crippen LogP contribution < -0.4 is 4.74 Å². The van der Waals surface area contributed by atoms with E-state index in [1.54, 1.807) is 6.92 Å². The van der Waals surface area contributed by atoms with Crippen LogP contribution in [0.25, 0.3) is 10.9 Å². The van der Waals surface area contributed by atoms with Gasteiger partial charge in [-0.3, -0.25) is 14.8 Å². The average molecular weight is 524 g/mol. The summed E-state index contributed by atoms with van der Waals surface area (Å²) < 4.78 is 11.9. The van der Waals surface area contributed by atoms with Crippen LogP contribution in [0.3, 0.4) is 0 Å². The molecular weight excluding hydrogens is 490 g/mol. The number of carbonyl (C=O) groups is 1. The average Bonchev–Trinajstić information content (AvgIpc) is 3.28. The van der Waals surface area contributed by atoms with E-state index in [1.807, 2.05) is 30.3 Å². The Bertz CT molecular complexity index is 1270. The molecule has 37 heavy (non-hydrogen) atoms. The zero-order chi connectivity index (χ0) is 26.4. The SMILES string of the molecule is CC#CC(CC(=O)O)c1ccc(OC(CC(C)C)c2ccc3c(CN4CCOCC4)[nH]nc3c2Cl)cc1. The number of aliphatic carboxylic acids is 1. The minimum absolute atomic E-state index is 0.0379. The van der Waals surface area contributed by atoms with Gasteiger partial charge >= 0.3 is 5.97 Å². The van der Waals surface area contributed by atoms with E-state index in [4.69, 9.17) is 21.1 Å². The molecule has 0 amide bonds. The van der Waals surface area contributed by atoms with Gasteiger partial charge in [0.05, 0.1) is 36.3 Å². The molecule has 0 spiro atoms. The Balaban J connectivity index is 1.56. The van der Waals surface area contributed by atoms with Crippen molar-refractivity contribution in [1.29, 1.82) is 0 Å². The molecule has 1 aliphatic heterocycles. The molecule has 1 aromatic heterocycles. The number of aromatic nitrogens is 2. The van der Waals surface area contributed by atoms with Gasteiger partial charge in [0.15, 0.2) is 0 Å². The fourth-order valence-electron chi connectivity index (χ4n) is 4.68. The van der Waals surface area contributed by atoms with Crippen molar-refractivity contribution in [3.05, 3.63) is 58.2 Å². The first kappa shape index (κ1) is 27.0. The summed E-state index contributed by atoms with van der Waals surface area (Å²) >= 11 is 6.93. The Hall–Kier alpha value is -3.05. The predicted octanol–water partition coefficient (Wildman–Crippen LogP) is 5.80. The number of nitrogens with zero attached hydrogens (tertiary/aromatic N) is 2. The fourth-order valence-corrected chi connectivity index (χ4v) is 5.01. The lowest BCUT2D eigenvalue weighted by Crippen LogP contribution is -2.35. The third-order valence-corrected chi connectivity index (χ3v) is 6.95. The van der Waals surface area contributed by atoms with Crippen LogP contribution in [0.5, 0.6) is 5.75 Å². The number of H-pyrrole nitrogens is 1. The number of halogens is 1. The molecule has 0 saturated carbocycles. The molecule has 8 heteroatoms. The lowest BCUT2D eigenvalue weighted by Gasteiger charge is -2.26. The van der Waals surface area contributed by atoms with Gasteiger partial charge in [0.2, 0.25) is 0 Å². The number of carboxylic acid groups (broad SMARTS) is 1. The number of carboxylic acids is 1. The maximum absolute atomic E-state index is 11.2. The minimum Gasteiger partial charge on any atom is -0.486 e. The van der Waals surface area contributed by atoms with Gasteiger partial charge in [-0.15, -0.1) is 5.92 Å². The highest BCUT2D eigenvalue weighted by atomic mass is 35.5. The standard InChI is InChI=1S/C29H34ClN3O4/c1-4-5-21(17-27(34)35)20-6-8-22(9-7-20)37-26(16-19(2)3)24-11-10-23-25(31-32-29(23)28(24)30)18-33-12-14-36-15-13-33/h6-11,19,21,26H,12-18H2,1-3H3,(H,31,32)(H,34,35). The highest BCUT2D eigenvalue weighted by molar-refractivity contribution is 6.36. The number of aromatic amines is 1. The molecule has 1 saturated heterocycles. The number of hydrogen-bond donors (Lipinski definition) is 2. The molecule has 4 rings (SSSR count). The van der Waals surface area contributed by atoms with Crippen LogP contribution in [0.4, 0.5) is 0 Å². The van der Waals surface area contributed by atoms with Crippen LogP contribution in [0.2, 0.25) is 5.02 Å². The molecule has 2 unspecified atom stereocenters. The molecule has 3 aromatic rings. The van der Waals surface area contributed by atoms with Crippen molar-refractivity contribution in [1.82, 2.24) is 15.1 Å². The van der Waals surface area contributed by atoms with E-state index in [0.29, 0.717) is 16.7 Å². The Morgan fingerprint density at radius 2 is 1.95 bits per heavy atom. The van der Waals surface area contributed by atoms with Crippen molar-refractivity contribution in [2.45, 2.75) is 52.2 Å². The van der Waals surface area contributed by atoms with Gasteiger partial charge < -0.3 is 14.6 Å². The first-order chi connectivity index (χ1) is 17.9. The van der Waals surface area contributed by atoms with Gasteiger partial charge in [-0.05, 0) is 37.0 Å². The number of nitrogens with one attached hydrogen (secondary N) is 1. The largest absolute Gasteiger partial charge is 0.486 e. The quantitative estimate of drug-likeness (QED) is 0.327. The van der Waals surface area contributed by atoms with Gasteiger partial charge in [0, 0.05) is 30.6 Å². The van der Waals surface area contributed by atoms with Crippen LogP contribution in [0.1, 0.15) is 62.5 Å². The van der Waals surface area contributed by atoms with E-state index in [1.165, 1.54) is 0 Å². The monoisotopic (exact) mass is 523 g/mol. The summed E-state index contributed by atoms with van der Waals surface area (Å²) in [5.74, 6) is 5.66. The van der Waals surface area contributed by atoms with Crippen molar-refractivity contribution in [3.8, 4) is 17.6 Å². The number of rotatable bonds is 10. The molecule has 1 aliphatic rings. The topological polar surface area (TPSA) is 87.7 Å². The summed E-state index contributed by atoms with van der Waals surface area (Å²) in [4.78, 5) is 13.6. The zero-order valence-corrected chi connectivity index (χ0v) is 22.3. The van der Waals surface area contributed by atoms with E-state index in [0.717, 1.165) is 67.0 Å². The Labute approximate surface area is 223 Å². The number of benzene rings is 2. The molecule has 2 heterocycles. The molecule has 2 N–H and O–H groups in total. The summed E-state index contributed by atoms with van der Waals surface area (Å²) in [6.07, 6.45) is 0.484. The zero-order valence-electron chi connectivity index (χ0n) is 21.6. The van der Waals surface area contributed by atoms with Crippen LogP contribution >= 0.6 is 11.6 Å². The fraction of sp³-hybridized carbons (Fsp3) is 0.448. The maximum Gasteiger partial charge on any atom is 0.304 e. The third-order valence-electron chi connectivity index (χ3n) is 6.55. The first-order valence-electron chi connectivity index (χ1n) is 12.7. The van der Waals surface area contributed by atoms with Crippen molar-refractivity contribution in [2.24, 2.45) is 5.92 Å². The molecule has 2 atom stereocenters. The van der Waals surface area contributed by atoms with Gasteiger partial charge in [-0.25, -0.2) is 0 Å². The smallest absolute Gasteiger partial charge is 0.304 e. The van der Waals surface area contributed by atoms with Gasteiger partial charge in [-0.1, -0.05) is 55.6 Å². The van der Waals surface area contributed by atoms with Crippen molar-refractivity contribution >= 4 is 28.5 Å². The number of ether oxygens (including phenoxy) is 2. The lowest BCUT2D eigenvalue weighted by molar-refractivity contribution is -0.137. The highest BCUT2D eigenvalue weighted by Gasteiger charge is 2.23. The summed E-state index contributed by atoms with van der Waals surface area (Å²) in [5.41, 5.74) is 3.56. The minimum atomic E-state index is -0.874. The van der Waals surface area contributed by atoms with Gasteiger partial charge in [0.1, 0.15) is 17.4 Å². The molecule has 7 nitrogen and oxygen atoms in total. The molecular formula is C29H34ClN3O4. The van der Waals surface area contributed by atoms with Crippen molar-refractivity contribution < 1.29 is 19.4 Å². The van der Waals surface area contributed by atoms with Crippen LogP contribution in [-0.4, -0.2) is 52.5 Å². The second-order valence-electron chi connectivity index (χ2n) is 9.81. The van der Waals surface area contributed by atoms with E-state index in [9.17, 15) is 9.90 Å². The Kier molecular flexibility index (Phi) is 9.09. The predicted molar refractivity (Wildman–Crippen MR) is 145 cm³/mol. The van der Waals surface area contributed by atoms with E-state index in [2.05, 4.69) is 46.9 Å². The summed E-state index contributed by atoms with van der Waals surface area (Å²) in [6, 6.07) is 11.6. The normalized spacial score (nSPS) is 15.8. The van der Waals surface area contributed by atoms with Gasteiger partial charge in [-0.2, -0.15) is 5.10 Å². The Morgan fingerprint density at radius 1 is 1.22 bits per heavy atom. The van der Waals surface area contributed by atoms with Crippen molar-refractivity contribution in [3.63, 3.8) is 0 Å². The van der Waals surface area contributed by atoms with Crippen LogP contribution in [0.15, 0.2) is 36.4 Å². The molecule has 0 aliphatic carbocycles. The molecule has 1 fully saturated rings. The molecule has 2 aromatic carbocycles. The van der Waals surface area contributed by atoms with Crippen molar-refractivity contribution in [2.75, 3.05) is 26.3 Å². The lowest BCUT2D eigenvalue weighted by atomic mass is 9.96. The van der Waals surface area contributed by atoms with Gasteiger partial charge in [0.25, 0.3) is 0 Å². The Morgan fingerprint density at radius 3 is 2.59 bits per heavy atom. The molecule has 0 radical (unpaired) electrons. The molecule has 0 bridgehead atoms. The first-order valence-corrected chi connectivity index (χ1v) is 13.1. The second-order valence-corrected chi connectivity index (χ2v) is 10.2. The third kappa shape index (κ3) is 6.84. The highest BCUT2D eigenvalue weighted by Crippen LogP contribution is 2.37. The summed E-state index contributed by atoms with van der Waals surface area (Å²) in [7, 11) is 0. The second kappa shape index (κ2) is 12.5. The number of morpholine rings is 1. The van der Waals surface area contributed by atoms with E-state index < -0.39 is 5.97 Å². The summed E-state index contributed by atoms with van der Waals surface area (Å²) in [6.45, 7) is 10.1. The number of hydrogen-bond acceptors (Lipinski definition) is 5. The number of fused-ring (bicyclic) bond motifs is 1. The van der Waals surface area contributed by atoms with E-state index >= 15 is 0 Å².